The maximum Gasteiger partial charge on any atom is 0.166 e. The van der Waals surface area contributed by atoms with E-state index in [1.807, 2.05) is 37.3 Å². The summed E-state index contributed by atoms with van der Waals surface area (Å²) in [5, 5.41) is 0. The van der Waals surface area contributed by atoms with E-state index in [9.17, 15) is 9.59 Å². The lowest BCUT2D eigenvalue weighted by atomic mass is 9.75. The van der Waals surface area contributed by atoms with Crippen LogP contribution in [-0.2, 0) is 17.8 Å². The third kappa shape index (κ3) is 4.27. The Labute approximate surface area is 190 Å². The van der Waals surface area contributed by atoms with Gasteiger partial charge in [-0.2, -0.15) is 0 Å². The molecule has 0 saturated carbocycles. The summed E-state index contributed by atoms with van der Waals surface area (Å²) >= 11 is 0. The Morgan fingerprint density at radius 3 is 2.66 bits per heavy atom. The fourth-order valence-corrected chi connectivity index (χ4v) is 5.05. The maximum absolute atomic E-state index is 13.2. The second-order valence-corrected chi connectivity index (χ2v) is 8.92. The Morgan fingerprint density at radius 2 is 1.94 bits per heavy atom. The van der Waals surface area contributed by atoms with E-state index in [0.717, 1.165) is 47.5 Å². The van der Waals surface area contributed by atoms with Crippen molar-refractivity contribution in [3.63, 3.8) is 0 Å². The predicted octanol–water partition coefficient (Wildman–Crippen LogP) is 5.65. The van der Waals surface area contributed by atoms with Gasteiger partial charge < -0.3 is 9.64 Å². The van der Waals surface area contributed by atoms with Crippen molar-refractivity contribution in [2.75, 3.05) is 7.11 Å². The Bertz CT molecular complexity index is 1110. The van der Waals surface area contributed by atoms with E-state index in [1.54, 1.807) is 14.0 Å². The molecule has 2 aliphatic rings. The number of hydrogen-bond donors (Lipinski definition) is 0. The van der Waals surface area contributed by atoms with Crippen LogP contribution in [0.5, 0.6) is 5.75 Å². The molecular weight excluding hydrogens is 398 g/mol. The van der Waals surface area contributed by atoms with Crippen LogP contribution >= 0.6 is 0 Å². The van der Waals surface area contributed by atoms with Gasteiger partial charge in [0.05, 0.1) is 7.11 Å². The molecule has 0 radical (unpaired) electrons. The Morgan fingerprint density at radius 1 is 1.16 bits per heavy atom. The first-order valence-electron chi connectivity index (χ1n) is 11.3. The van der Waals surface area contributed by atoms with Crippen LogP contribution in [-0.4, -0.2) is 23.6 Å². The second-order valence-electron chi connectivity index (χ2n) is 8.92. The smallest absolute Gasteiger partial charge is 0.166 e. The first-order chi connectivity index (χ1) is 15.4. The van der Waals surface area contributed by atoms with Crippen molar-refractivity contribution in [1.29, 1.82) is 0 Å². The van der Waals surface area contributed by atoms with Gasteiger partial charge in [0, 0.05) is 41.4 Å². The molecule has 0 fully saturated rings. The number of Topliss-reactive ketones (excluding diaryl/α,β-unsaturated/α-hetero) is 2. The van der Waals surface area contributed by atoms with Gasteiger partial charge in [0.2, 0.25) is 0 Å². The molecule has 166 valence electrons. The first kappa shape index (κ1) is 22.1. The fourth-order valence-electron chi connectivity index (χ4n) is 5.05. The number of rotatable bonds is 6. The highest BCUT2D eigenvalue weighted by atomic mass is 16.5. The van der Waals surface area contributed by atoms with Gasteiger partial charge in [0.15, 0.2) is 11.6 Å². The molecule has 0 amide bonds. The highest BCUT2D eigenvalue weighted by Crippen LogP contribution is 2.37. The van der Waals surface area contributed by atoms with Crippen molar-refractivity contribution in [1.82, 2.24) is 4.90 Å². The van der Waals surface area contributed by atoms with Crippen LogP contribution in [0.4, 0.5) is 0 Å². The summed E-state index contributed by atoms with van der Waals surface area (Å²) in [4.78, 5) is 28.0. The molecule has 0 aromatic heterocycles. The molecule has 0 saturated heterocycles. The van der Waals surface area contributed by atoms with Gasteiger partial charge in [-0.3, -0.25) is 9.59 Å². The largest absolute Gasteiger partial charge is 0.497 e. The minimum Gasteiger partial charge on any atom is -0.497 e. The highest BCUT2D eigenvalue weighted by Gasteiger charge is 2.33. The quantitative estimate of drug-likeness (QED) is 0.595. The van der Waals surface area contributed by atoms with Crippen LogP contribution in [0.2, 0.25) is 0 Å². The molecule has 1 heterocycles. The number of ether oxygens (including phenoxy) is 1. The first-order valence-corrected chi connectivity index (χ1v) is 11.3. The molecule has 1 aliphatic carbocycles. The zero-order chi connectivity index (χ0) is 22.8. The average Bonchev–Trinajstić information content (AvgIpc) is 2.78. The molecule has 2 aromatic carbocycles. The van der Waals surface area contributed by atoms with E-state index >= 15 is 0 Å². The van der Waals surface area contributed by atoms with Crippen LogP contribution in [0.25, 0.3) is 0 Å². The molecule has 4 rings (SSSR count). The predicted molar refractivity (Wildman–Crippen MR) is 126 cm³/mol. The van der Waals surface area contributed by atoms with Crippen LogP contribution in [0.1, 0.15) is 53.7 Å². The SMILES string of the molecule is COc1ccc2c(c1)CCC(CC1C=CN(Cc3ccccc3C)C(C)=C1C(C)=O)C2=O. The summed E-state index contributed by atoms with van der Waals surface area (Å²) in [6.45, 7) is 6.51. The lowest BCUT2D eigenvalue weighted by molar-refractivity contribution is -0.114. The summed E-state index contributed by atoms with van der Waals surface area (Å²) in [7, 11) is 1.64. The minimum atomic E-state index is -0.0735. The molecule has 2 unspecified atom stereocenters. The summed E-state index contributed by atoms with van der Waals surface area (Å²) in [6.07, 6.45) is 6.53. The van der Waals surface area contributed by atoms with Crippen molar-refractivity contribution in [3.05, 3.63) is 88.3 Å². The molecule has 0 N–H and O–H groups in total. The molecule has 0 spiro atoms. The van der Waals surface area contributed by atoms with E-state index in [0.29, 0.717) is 6.42 Å². The monoisotopic (exact) mass is 429 g/mol. The van der Waals surface area contributed by atoms with E-state index in [2.05, 4.69) is 36.2 Å². The standard InChI is InChI=1S/C28H31NO3/c1-18-7-5-6-8-24(18)17-29-14-13-22(27(19(29)2)20(3)30)15-23-10-9-21-16-25(32-4)11-12-26(21)28(23)31/h5-8,11-14,16,22-23H,9-10,15,17H2,1-4H3. The summed E-state index contributed by atoms with van der Waals surface area (Å²) in [5.41, 5.74) is 6.16. The zero-order valence-electron chi connectivity index (χ0n) is 19.4. The van der Waals surface area contributed by atoms with Crippen molar-refractivity contribution in [2.45, 2.75) is 46.6 Å². The Kier molecular flexibility index (Phi) is 6.31. The molecule has 2 aromatic rings. The molecular formula is C28H31NO3. The maximum atomic E-state index is 13.2. The summed E-state index contributed by atoms with van der Waals surface area (Å²) < 4.78 is 5.31. The molecule has 32 heavy (non-hydrogen) atoms. The van der Waals surface area contributed by atoms with Gasteiger partial charge in [-0.25, -0.2) is 0 Å². The van der Waals surface area contributed by atoms with E-state index < -0.39 is 0 Å². The second kappa shape index (κ2) is 9.15. The number of carbonyl (C=O) groups is 2. The number of aryl methyl sites for hydroxylation is 2. The topological polar surface area (TPSA) is 46.6 Å². The lowest BCUT2D eigenvalue weighted by Crippen LogP contribution is -2.30. The van der Waals surface area contributed by atoms with Crippen molar-refractivity contribution in [3.8, 4) is 5.75 Å². The third-order valence-electron chi connectivity index (χ3n) is 6.92. The lowest BCUT2D eigenvalue weighted by Gasteiger charge is -2.33. The number of hydrogen-bond acceptors (Lipinski definition) is 4. The molecule has 4 nitrogen and oxygen atoms in total. The third-order valence-corrected chi connectivity index (χ3v) is 6.92. The van der Waals surface area contributed by atoms with Gasteiger partial charge in [0.1, 0.15) is 5.75 Å². The van der Waals surface area contributed by atoms with E-state index in [4.69, 9.17) is 4.74 Å². The molecule has 2 atom stereocenters. The zero-order valence-corrected chi connectivity index (χ0v) is 19.4. The number of benzene rings is 2. The molecule has 4 heteroatoms. The minimum absolute atomic E-state index is 0.0330. The molecule has 0 bridgehead atoms. The van der Waals surface area contributed by atoms with Gasteiger partial charge >= 0.3 is 0 Å². The van der Waals surface area contributed by atoms with Crippen molar-refractivity contribution < 1.29 is 14.3 Å². The average molecular weight is 430 g/mol. The number of fused-ring (bicyclic) bond motifs is 1. The van der Waals surface area contributed by atoms with E-state index in [-0.39, 0.29) is 23.4 Å². The van der Waals surface area contributed by atoms with Crippen LogP contribution in [0.3, 0.4) is 0 Å². The highest BCUT2D eigenvalue weighted by molar-refractivity contribution is 6.00. The van der Waals surface area contributed by atoms with Gasteiger partial charge in [-0.15, -0.1) is 0 Å². The Hall–Kier alpha value is -3.14. The number of methoxy groups -OCH3 is 1. The number of ketones is 2. The normalized spacial score (nSPS) is 20.4. The summed E-state index contributed by atoms with van der Waals surface area (Å²) in [5.74, 6) is 0.951. The van der Waals surface area contributed by atoms with Crippen LogP contribution < -0.4 is 4.74 Å². The van der Waals surface area contributed by atoms with Crippen molar-refractivity contribution >= 4 is 11.6 Å². The van der Waals surface area contributed by atoms with E-state index in [1.165, 1.54) is 11.1 Å². The van der Waals surface area contributed by atoms with Crippen LogP contribution in [0.15, 0.2) is 66.0 Å². The van der Waals surface area contributed by atoms with Crippen LogP contribution in [0, 0.1) is 18.8 Å². The van der Waals surface area contributed by atoms with Gasteiger partial charge in [0.25, 0.3) is 0 Å². The Balaban J connectivity index is 1.54. The molecule has 1 aliphatic heterocycles. The number of carbonyl (C=O) groups excluding carboxylic acids is 2. The van der Waals surface area contributed by atoms with Gasteiger partial charge in [-0.1, -0.05) is 30.3 Å². The fraction of sp³-hybridized carbons (Fsp3) is 0.357. The van der Waals surface area contributed by atoms with Crippen molar-refractivity contribution in [2.24, 2.45) is 11.8 Å². The number of allylic oxidation sites excluding steroid dienone is 3. The summed E-state index contributed by atoms with van der Waals surface area (Å²) in [6, 6.07) is 14.0. The van der Waals surface area contributed by atoms with Gasteiger partial charge in [-0.05, 0) is 74.9 Å². The number of nitrogens with zero attached hydrogens (tertiary/aromatic N) is 1.